The molecule has 1 aliphatic heterocycles. The number of hydrogen-bond acceptors (Lipinski definition) is 4. The Bertz CT molecular complexity index is 565. The smallest absolute Gasteiger partial charge is 0.165 e. The van der Waals surface area contributed by atoms with Crippen LogP contribution in [0.1, 0.15) is 24.7 Å². The van der Waals surface area contributed by atoms with Crippen molar-refractivity contribution in [3.63, 3.8) is 0 Å². The molecule has 3 rings (SSSR count). The lowest BCUT2D eigenvalue weighted by molar-refractivity contribution is 0.169. The summed E-state index contributed by atoms with van der Waals surface area (Å²) in [5, 5.41) is 3.53. The van der Waals surface area contributed by atoms with Gasteiger partial charge >= 0.3 is 0 Å². The topological polar surface area (TPSA) is 43.6 Å². The second kappa shape index (κ2) is 6.68. The lowest BCUT2D eigenvalue weighted by Gasteiger charge is -2.22. The summed E-state index contributed by atoms with van der Waals surface area (Å²) in [4.78, 5) is 0. The number of rotatable bonds is 6. The molecule has 0 spiro atoms. The van der Waals surface area contributed by atoms with Gasteiger partial charge in [0.15, 0.2) is 11.5 Å². The van der Waals surface area contributed by atoms with Crippen molar-refractivity contribution in [2.75, 3.05) is 13.2 Å². The average Bonchev–Trinajstić information content (AvgIpc) is 3.04. The van der Waals surface area contributed by atoms with Crippen LogP contribution in [0.25, 0.3) is 0 Å². The van der Waals surface area contributed by atoms with Crippen LogP contribution < -0.4 is 14.8 Å². The molecule has 1 aliphatic rings. The fourth-order valence-corrected chi connectivity index (χ4v) is 2.47. The number of nitrogens with one attached hydrogen (secondary N) is 1. The Morgan fingerprint density at radius 1 is 1.14 bits per heavy atom. The van der Waals surface area contributed by atoms with Gasteiger partial charge in [-0.25, -0.2) is 0 Å². The minimum atomic E-state index is 0.412. The molecule has 0 saturated heterocycles. The van der Waals surface area contributed by atoms with Crippen molar-refractivity contribution < 1.29 is 13.9 Å². The normalized spacial score (nSPS) is 14.9. The highest BCUT2D eigenvalue weighted by atomic mass is 16.6. The van der Waals surface area contributed by atoms with Crippen molar-refractivity contribution in [3.8, 4) is 11.5 Å². The van der Waals surface area contributed by atoms with E-state index in [1.165, 1.54) is 0 Å². The number of fused-ring (bicyclic) bond motifs is 1. The highest BCUT2D eigenvalue weighted by Gasteiger charge is 2.15. The van der Waals surface area contributed by atoms with Crippen molar-refractivity contribution in [1.82, 2.24) is 5.32 Å². The molecule has 1 aromatic heterocycles. The number of furan rings is 1. The second-order valence-corrected chi connectivity index (χ2v) is 5.34. The van der Waals surface area contributed by atoms with Crippen molar-refractivity contribution in [2.24, 2.45) is 0 Å². The molecule has 1 N–H and O–H groups in total. The maximum absolute atomic E-state index is 5.73. The van der Waals surface area contributed by atoms with Crippen LogP contribution in [0.4, 0.5) is 0 Å². The highest BCUT2D eigenvalue weighted by molar-refractivity contribution is 5.47. The summed E-state index contributed by atoms with van der Waals surface area (Å²) in [6.07, 6.45) is 3.72. The van der Waals surface area contributed by atoms with Gasteiger partial charge in [0, 0.05) is 24.6 Å². The molecule has 0 amide bonds. The van der Waals surface area contributed by atoms with Gasteiger partial charge < -0.3 is 19.2 Å². The van der Waals surface area contributed by atoms with Crippen LogP contribution in [0.5, 0.6) is 11.5 Å². The largest absolute Gasteiger partial charge is 0.486 e. The minimum absolute atomic E-state index is 0.412. The van der Waals surface area contributed by atoms with Gasteiger partial charge in [-0.1, -0.05) is 12.1 Å². The molecule has 0 aliphatic carbocycles. The predicted octanol–water partition coefficient (Wildman–Crippen LogP) is 3.16. The van der Waals surface area contributed by atoms with Crippen LogP contribution in [0.15, 0.2) is 41.0 Å². The maximum atomic E-state index is 5.73. The molecule has 1 aromatic carbocycles. The van der Waals surface area contributed by atoms with E-state index in [4.69, 9.17) is 13.9 Å². The van der Waals surface area contributed by atoms with E-state index < -0.39 is 0 Å². The first-order chi connectivity index (χ1) is 10.3. The summed E-state index contributed by atoms with van der Waals surface area (Å²) < 4.78 is 16.7. The number of para-hydroxylation sites is 1. The van der Waals surface area contributed by atoms with E-state index in [0.29, 0.717) is 19.3 Å². The van der Waals surface area contributed by atoms with E-state index in [1.54, 1.807) is 6.26 Å². The molecule has 112 valence electrons. The Kier molecular flexibility index (Phi) is 4.46. The van der Waals surface area contributed by atoms with Crippen LogP contribution in [0, 0.1) is 0 Å². The standard InChI is InChI=1S/C17H21NO3/c1-13(7-8-15-5-3-9-19-15)18-12-14-4-2-6-16-17(14)21-11-10-20-16/h2-6,9,13,18H,7-8,10-12H2,1H3. The Morgan fingerprint density at radius 3 is 2.90 bits per heavy atom. The molecular weight excluding hydrogens is 266 g/mol. The monoisotopic (exact) mass is 287 g/mol. The van der Waals surface area contributed by atoms with Crippen LogP contribution in [-0.4, -0.2) is 19.3 Å². The maximum Gasteiger partial charge on any atom is 0.165 e. The Morgan fingerprint density at radius 2 is 2.05 bits per heavy atom. The van der Waals surface area contributed by atoms with Gasteiger partial charge in [-0.05, 0) is 31.5 Å². The van der Waals surface area contributed by atoms with E-state index in [0.717, 1.165) is 42.2 Å². The number of aryl methyl sites for hydroxylation is 1. The number of benzene rings is 1. The summed E-state index contributed by atoms with van der Waals surface area (Å²) in [5.41, 5.74) is 1.15. The Balaban J connectivity index is 1.52. The second-order valence-electron chi connectivity index (χ2n) is 5.34. The van der Waals surface area contributed by atoms with Gasteiger partial charge in [-0.15, -0.1) is 0 Å². The highest BCUT2D eigenvalue weighted by Crippen LogP contribution is 2.33. The molecule has 1 unspecified atom stereocenters. The fraction of sp³-hybridized carbons (Fsp3) is 0.412. The summed E-state index contributed by atoms with van der Waals surface area (Å²) >= 11 is 0. The van der Waals surface area contributed by atoms with Crippen LogP contribution in [0.3, 0.4) is 0 Å². The quantitative estimate of drug-likeness (QED) is 0.886. The third-order valence-corrected chi connectivity index (χ3v) is 3.69. The average molecular weight is 287 g/mol. The lowest BCUT2D eigenvalue weighted by Crippen LogP contribution is -2.27. The fourth-order valence-electron chi connectivity index (χ4n) is 2.47. The Hall–Kier alpha value is -1.94. The van der Waals surface area contributed by atoms with Crippen LogP contribution >= 0.6 is 0 Å². The molecule has 0 radical (unpaired) electrons. The summed E-state index contributed by atoms with van der Waals surface area (Å²) in [6.45, 7) is 4.23. The first kappa shape index (κ1) is 14.0. The van der Waals surface area contributed by atoms with Crippen LogP contribution in [0.2, 0.25) is 0 Å². The van der Waals surface area contributed by atoms with Gasteiger partial charge in [-0.2, -0.15) is 0 Å². The third kappa shape index (κ3) is 3.58. The minimum Gasteiger partial charge on any atom is -0.486 e. The van der Waals surface area contributed by atoms with Gasteiger partial charge in [0.25, 0.3) is 0 Å². The van der Waals surface area contributed by atoms with E-state index in [1.807, 2.05) is 24.3 Å². The molecule has 0 saturated carbocycles. The summed E-state index contributed by atoms with van der Waals surface area (Å²) in [6, 6.07) is 10.4. The van der Waals surface area contributed by atoms with Gasteiger partial charge in [0.1, 0.15) is 19.0 Å². The molecular formula is C17H21NO3. The SMILES string of the molecule is CC(CCc1ccco1)NCc1cccc2c1OCCO2. The molecule has 1 atom stereocenters. The summed E-state index contributed by atoms with van der Waals surface area (Å²) in [5.74, 6) is 2.77. The van der Waals surface area contributed by atoms with Gasteiger partial charge in [0.2, 0.25) is 0 Å². The summed E-state index contributed by atoms with van der Waals surface area (Å²) in [7, 11) is 0. The number of ether oxygens (including phenoxy) is 2. The van der Waals surface area contributed by atoms with Gasteiger partial charge in [-0.3, -0.25) is 0 Å². The lowest BCUT2D eigenvalue weighted by atomic mass is 10.1. The third-order valence-electron chi connectivity index (χ3n) is 3.69. The Labute approximate surface area is 125 Å². The van der Waals surface area contributed by atoms with E-state index in [-0.39, 0.29) is 0 Å². The van der Waals surface area contributed by atoms with Crippen molar-refractivity contribution in [3.05, 3.63) is 47.9 Å². The number of hydrogen-bond donors (Lipinski definition) is 1. The molecule has 4 nitrogen and oxygen atoms in total. The van der Waals surface area contributed by atoms with E-state index in [2.05, 4.69) is 18.3 Å². The predicted molar refractivity (Wildman–Crippen MR) is 80.8 cm³/mol. The molecule has 0 bridgehead atoms. The zero-order valence-corrected chi connectivity index (χ0v) is 12.3. The molecule has 2 aromatic rings. The molecule has 21 heavy (non-hydrogen) atoms. The zero-order chi connectivity index (χ0) is 14.5. The zero-order valence-electron chi connectivity index (χ0n) is 12.3. The van der Waals surface area contributed by atoms with Crippen molar-refractivity contribution in [2.45, 2.75) is 32.4 Å². The van der Waals surface area contributed by atoms with Crippen molar-refractivity contribution >= 4 is 0 Å². The molecule has 2 heterocycles. The molecule has 0 fully saturated rings. The van der Waals surface area contributed by atoms with Crippen LogP contribution in [-0.2, 0) is 13.0 Å². The molecule has 4 heteroatoms. The van der Waals surface area contributed by atoms with E-state index in [9.17, 15) is 0 Å². The van der Waals surface area contributed by atoms with E-state index >= 15 is 0 Å². The first-order valence-corrected chi connectivity index (χ1v) is 7.46. The first-order valence-electron chi connectivity index (χ1n) is 7.46. The van der Waals surface area contributed by atoms with Crippen molar-refractivity contribution in [1.29, 1.82) is 0 Å². The van der Waals surface area contributed by atoms with Gasteiger partial charge in [0.05, 0.1) is 6.26 Å².